The quantitative estimate of drug-likeness (QED) is 0.705. The zero-order chi connectivity index (χ0) is 17.8. The molecule has 0 aliphatic carbocycles. The van der Waals surface area contributed by atoms with E-state index in [1.807, 2.05) is 12.1 Å². The molecule has 3 aromatic rings. The van der Waals surface area contributed by atoms with Crippen LogP contribution < -0.4 is 11.1 Å². The van der Waals surface area contributed by atoms with Gasteiger partial charge < -0.3 is 15.8 Å². The lowest BCUT2D eigenvalue weighted by atomic mass is 10.1. The van der Waals surface area contributed by atoms with Crippen molar-refractivity contribution in [1.82, 2.24) is 15.3 Å². The highest BCUT2D eigenvalue weighted by atomic mass is 16.5. The predicted octanol–water partition coefficient (Wildman–Crippen LogP) is 1.93. The Labute approximate surface area is 143 Å². The number of methoxy groups -OCH3 is 1. The maximum atomic E-state index is 12.4. The van der Waals surface area contributed by atoms with Gasteiger partial charge in [0.05, 0.1) is 23.7 Å². The number of nitrogens with one attached hydrogen (secondary N) is 1. The molecule has 3 rings (SSSR count). The fourth-order valence-corrected chi connectivity index (χ4v) is 2.37. The monoisotopic (exact) mass is 336 g/mol. The molecule has 0 unspecified atom stereocenters. The summed E-state index contributed by atoms with van der Waals surface area (Å²) in [6, 6.07) is 14.0. The first-order valence-corrected chi connectivity index (χ1v) is 7.56. The molecule has 0 aliphatic heterocycles. The highest BCUT2D eigenvalue weighted by Crippen LogP contribution is 2.14. The minimum atomic E-state index is -0.433. The summed E-state index contributed by atoms with van der Waals surface area (Å²) in [5.74, 6) is -0.795. The molecule has 7 nitrogen and oxygen atoms in total. The van der Waals surface area contributed by atoms with Crippen molar-refractivity contribution >= 4 is 28.7 Å². The summed E-state index contributed by atoms with van der Waals surface area (Å²) in [5, 5.41) is 2.73. The zero-order valence-electron chi connectivity index (χ0n) is 13.5. The Bertz CT molecular complexity index is 956. The van der Waals surface area contributed by atoms with E-state index >= 15 is 0 Å². The third-order valence-corrected chi connectivity index (χ3v) is 3.61. The molecule has 0 saturated heterocycles. The van der Waals surface area contributed by atoms with Crippen molar-refractivity contribution in [3.8, 4) is 0 Å². The summed E-state index contributed by atoms with van der Waals surface area (Å²) in [6.45, 7) is 0.220. The van der Waals surface area contributed by atoms with Crippen molar-refractivity contribution in [1.29, 1.82) is 0 Å². The number of fused-ring (bicyclic) bond motifs is 1. The minimum absolute atomic E-state index is 0.0690. The third-order valence-electron chi connectivity index (χ3n) is 3.61. The van der Waals surface area contributed by atoms with Crippen molar-refractivity contribution in [2.75, 3.05) is 12.8 Å². The molecule has 7 heteroatoms. The van der Waals surface area contributed by atoms with E-state index in [-0.39, 0.29) is 18.1 Å². The summed E-state index contributed by atoms with van der Waals surface area (Å²) in [5.41, 5.74) is 8.30. The highest BCUT2D eigenvalue weighted by molar-refractivity contribution is 5.98. The molecule has 1 amide bonds. The van der Waals surface area contributed by atoms with Gasteiger partial charge in [0.25, 0.3) is 5.91 Å². The maximum absolute atomic E-state index is 12.4. The molecular formula is C18H16N4O3. The number of rotatable bonds is 4. The first-order valence-electron chi connectivity index (χ1n) is 7.56. The van der Waals surface area contributed by atoms with Crippen LogP contribution in [-0.4, -0.2) is 29.0 Å². The van der Waals surface area contributed by atoms with Crippen LogP contribution in [0.4, 0.5) is 5.82 Å². The summed E-state index contributed by atoms with van der Waals surface area (Å²) in [4.78, 5) is 32.4. The van der Waals surface area contributed by atoms with E-state index in [0.29, 0.717) is 16.6 Å². The van der Waals surface area contributed by atoms with E-state index in [1.165, 1.54) is 7.11 Å². The van der Waals surface area contributed by atoms with Crippen LogP contribution in [0, 0.1) is 0 Å². The number of esters is 1. The van der Waals surface area contributed by atoms with Crippen LogP contribution in [0.2, 0.25) is 0 Å². The van der Waals surface area contributed by atoms with Gasteiger partial charge in [0.1, 0.15) is 0 Å². The lowest BCUT2D eigenvalue weighted by Gasteiger charge is -2.08. The van der Waals surface area contributed by atoms with Crippen LogP contribution in [-0.2, 0) is 11.3 Å². The summed E-state index contributed by atoms with van der Waals surface area (Å²) in [6.07, 6.45) is 0. The third kappa shape index (κ3) is 3.55. The van der Waals surface area contributed by atoms with Crippen LogP contribution >= 0.6 is 0 Å². The number of anilines is 1. The number of carbonyl (C=O) groups excluding carboxylic acids is 2. The van der Waals surface area contributed by atoms with Gasteiger partial charge in [0.2, 0.25) is 0 Å². The zero-order valence-corrected chi connectivity index (χ0v) is 13.5. The molecule has 1 heterocycles. The number of nitrogen functional groups attached to an aromatic ring is 1. The van der Waals surface area contributed by atoms with Gasteiger partial charge in [-0.3, -0.25) is 4.79 Å². The largest absolute Gasteiger partial charge is 0.465 e. The first-order chi connectivity index (χ1) is 12.1. The summed E-state index contributed by atoms with van der Waals surface area (Å²) >= 11 is 0. The van der Waals surface area contributed by atoms with E-state index in [4.69, 9.17) is 5.73 Å². The molecule has 2 aromatic carbocycles. The SMILES string of the molecule is COC(=O)c1cccc(CNC(=O)c2nc3ccccc3nc2N)c1. The number of benzene rings is 2. The van der Waals surface area contributed by atoms with E-state index < -0.39 is 11.9 Å². The normalized spacial score (nSPS) is 10.4. The second-order valence-electron chi connectivity index (χ2n) is 5.32. The van der Waals surface area contributed by atoms with Gasteiger partial charge in [-0.2, -0.15) is 0 Å². The Morgan fingerprint density at radius 3 is 2.52 bits per heavy atom. The van der Waals surface area contributed by atoms with Gasteiger partial charge in [0, 0.05) is 6.54 Å². The van der Waals surface area contributed by atoms with Gasteiger partial charge in [-0.05, 0) is 29.8 Å². The smallest absolute Gasteiger partial charge is 0.337 e. The van der Waals surface area contributed by atoms with Crippen LogP contribution in [0.15, 0.2) is 48.5 Å². The molecule has 126 valence electrons. The van der Waals surface area contributed by atoms with Crippen molar-refractivity contribution < 1.29 is 14.3 Å². The Morgan fingerprint density at radius 1 is 1.08 bits per heavy atom. The average molecular weight is 336 g/mol. The predicted molar refractivity (Wildman–Crippen MR) is 92.9 cm³/mol. The van der Waals surface area contributed by atoms with Crippen LogP contribution in [0.1, 0.15) is 26.4 Å². The molecule has 0 bridgehead atoms. The molecule has 0 aliphatic rings. The van der Waals surface area contributed by atoms with E-state index in [2.05, 4.69) is 20.0 Å². The summed E-state index contributed by atoms with van der Waals surface area (Å²) < 4.78 is 4.68. The molecule has 0 atom stereocenters. The Hall–Kier alpha value is -3.48. The number of nitrogens with zero attached hydrogens (tertiary/aromatic N) is 2. The number of amides is 1. The Kier molecular flexibility index (Phi) is 4.56. The lowest BCUT2D eigenvalue weighted by Crippen LogP contribution is -2.25. The van der Waals surface area contributed by atoms with E-state index in [0.717, 1.165) is 5.56 Å². The van der Waals surface area contributed by atoms with Gasteiger partial charge in [-0.15, -0.1) is 0 Å². The van der Waals surface area contributed by atoms with E-state index in [1.54, 1.807) is 36.4 Å². The topological polar surface area (TPSA) is 107 Å². The Morgan fingerprint density at radius 2 is 1.80 bits per heavy atom. The average Bonchev–Trinajstić information content (AvgIpc) is 2.65. The number of nitrogens with two attached hydrogens (primary N) is 1. The molecule has 0 saturated carbocycles. The number of carbonyl (C=O) groups is 2. The molecule has 0 fully saturated rings. The molecule has 1 aromatic heterocycles. The van der Waals surface area contributed by atoms with Crippen molar-refractivity contribution in [2.45, 2.75) is 6.54 Å². The van der Waals surface area contributed by atoms with Crippen LogP contribution in [0.5, 0.6) is 0 Å². The van der Waals surface area contributed by atoms with Crippen LogP contribution in [0.25, 0.3) is 11.0 Å². The number of hydrogen-bond donors (Lipinski definition) is 2. The number of ether oxygens (including phenoxy) is 1. The lowest BCUT2D eigenvalue weighted by molar-refractivity contribution is 0.0600. The van der Waals surface area contributed by atoms with Gasteiger partial charge in [0.15, 0.2) is 11.5 Å². The Balaban J connectivity index is 1.77. The number of aromatic nitrogens is 2. The van der Waals surface area contributed by atoms with Crippen molar-refractivity contribution in [3.05, 3.63) is 65.4 Å². The van der Waals surface area contributed by atoms with Crippen LogP contribution in [0.3, 0.4) is 0 Å². The minimum Gasteiger partial charge on any atom is -0.465 e. The summed E-state index contributed by atoms with van der Waals surface area (Å²) in [7, 11) is 1.32. The van der Waals surface area contributed by atoms with E-state index in [9.17, 15) is 9.59 Å². The van der Waals surface area contributed by atoms with Gasteiger partial charge in [-0.25, -0.2) is 14.8 Å². The van der Waals surface area contributed by atoms with Gasteiger partial charge >= 0.3 is 5.97 Å². The van der Waals surface area contributed by atoms with Crippen molar-refractivity contribution in [2.24, 2.45) is 0 Å². The second-order valence-corrected chi connectivity index (χ2v) is 5.32. The maximum Gasteiger partial charge on any atom is 0.337 e. The number of para-hydroxylation sites is 2. The fraction of sp³-hybridized carbons (Fsp3) is 0.111. The standard InChI is InChI=1S/C18H16N4O3/c1-25-18(24)12-6-4-5-11(9-12)10-20-17(23)15-16(19)22-14-8-3-2-7-13(14)21-15/h2-9H,10H2,1H3,(H2,19,22)(H,20,23). The number of hydrogen-bond acceptors (Lipinski definition) is 6. The second kappa shape index (κ2) is 6.96. The van der Waals surface area contributed by atoms with Gasteiger partial charge in [-0.1, -0.05) is 24.3 Å². The fourth-order valence-electron chi connectivity index (χ4n) is 2.37. The molecule has 3 N–H and O–H groups in total. The first kappa shape index (κ1) is 16.4. The molecule has 0 radical (unpaired) electrons. The molecule has 0 spiro atoms. The molecule has 25 heavy (non-hydrogen) atoms. The highest BCUT2D eigenvalue weighted by Gasteiger charge is 2.14. The molecular weight excluding hydrogens is 320 g/mol. The van der Waals surface area contributed by atoms with Crippen molar-refractivity contribution in [3.63, 3.8) is 0 Å².